The molecule has 0 bridgehead atoms. The lowest BCUT2D eigenvalue weighted by Gasteiger charge is -1.98. The Bertz CT molecular complexity index is 304. The Kier molecular flexibility index (Phi) is 4.91. The first kappa shape index (κ1) is 12.1. The zero-order chi connectivity index (χ0) is 11.1. The zero-order valence-corrected chi connectivity index (χ0v) is 8.15. The van der Waals surface area contributed by atoms with E-state index in [0.29, 0.717) is 0 Å². The van der Waals surface area contributed by atoms with Crippen molar-refractivity contribution in [1.82, 2.24) is 0 Å². The summed E-state index contributed by atoms with van der Waals surface area (Å²) in [7, 11) is 0. The molecule has 14 heavy (non-hydrogen) atoms. The highest BCUT2D eigenvalue weighted by Gasteiger charge is 2.13. The van der Waals surface area contributed by atoms with E-state index in [1.165, 1.54) is 18.2 Å². The van der Waals surface area contributed by atoms with Crippen molar-refractivity contribution >= 4 is 11.5 Å². The van der Waals surface area contributed by atoms with Crippen LogP contribution in [0.4, 0.5) is 5.69 Å². The number of rotatable bonds is 2. The maximum atomic E-state index is 10.4. The number of nitro groups is 1. The fraction of sp³-hybridized carbons (Fsp3) is 0.222. The van der Waals surface area contributed by atoms with E-state index < -0.39 is 4.92 Å². The van der Waals surface area contributed by atoms with Gasteiger partial charge in [-0.25, -0.2) is 0 Å². The summed E-state index contributed by atoms with van der Waals surface area (Å²) in [6.07, 6.45) is 0. The number of nitrogens with one attached hydrogen (secondary N) is 1. The monoisotopic (exact) mass is 195 g/mol. The van der Waals surface area contributed by atoms with Gasteiger partial charge in [-0.1, -0.05) is 26.0 Å². The van der Waals surface area contributed by atoms with E-state index in [0.717, 1.165) is 0 Å². The predicted molar refractivity (Wildman–Crippen MR) is 55.5 cm³/mol. The van der Waals surface area contributed by atoms with Gasteiger partial charge in [0.25, 0.3) is 5.69 Å². The van der Waals surface area contributed by atoms with Crippen LogP contribution in [0.5, 0.6) is 0 Å². The molecule has 0 amide bonds. The first-order chi connectivity index (χ1) is 6.63. The lowest BCUT2D eigenvalue weighted by molar-refractivity contribution is -0.385. The van der Waals surface area contributed by atoms with Gasteiger partial charge in [0.15, 0.2) is 0 Å². The highest BCUT2D eigenvalue weighted by Crippen LogP contribution is 2.16. The quantitative estimate of drug-likeness (QED) is 0.326. The summed E-state index contributed by atoms with van der Waals surface area (Å²) in [6, 6.07) is 5.89. The van der Waals surface area contributed by atoms with Gasteiger partial charge in [-0.15, -0.1) is 0 Å². The molecule has 5 heteroatoms. The molecule has 0 heterocycles. The normalized spacial score (nSPS) is 8.43. The number of benzene rings is 1. The first-order valence-electron chi connectivity index (χ1n) is 4.20. The summed E-state index contributed by atoms with van der Waals surface area (Å²) in [6.45, 7) is 4.00. The Morgan fingerprint density at radius 3 is 2.29 bits per heavy atom. The standard InChI is InChI=1S/C7H7N3O2.C2H6/c8-7(9)5-3-1-2-4-6(5)10(11)12;1-2/h1-4H,(H3,8,9);1-2H3. The molecular formula is C9H13N3O2. The van der Waals surface area contributed by atoms with Crippen LogP contribution < -0.4 is 5.73 Å². The van der Waals surface area contributed by atoms with E-state index in [4.69, 9.17) is 11.1 Å². The summed E-state index contributed by atoms with van der Waals surface area (Å²) >= 11 is 0. The van der Waals surface area contributed by atoms with Gasteiger partial charge in [0.2, 0.25) is 0 Å². The molecule has 0 spiro atoms. The number of amidine groups is 1. The third-order valence-corrected chi connectivity index (χ3v) is 1.39. The molecule has 0 saturated heterocycles. The van der Waals surface area contributed by atoms with Crippen molar-refractivity contribution in [3.63, 3.8) is 0 Å². The van der Waals surface area contributed by atoms with Crippen molar-refractivity contribution in [2.45, 2.75) is 13.8 Å². The van der Waals surface area contributed by atoms with Crippen LogP contribution in [0.3, 0.4) is 0 Å². The summed E-state index contributed by atoms with van der Waals surface area (Å²) in [5.41, 5.74) is 5.15. The lowest BCUT2D eigenvalue weighted by atomic mass is 10.2. The molecule has 0 unspecified atom stereocenters. The fourth-order valence-corrected chi connectivity index (χ4v) is 0.861. The van der Waals surface area contributed by atoms with Crippen molar-refractivity contribution in [2.75, 3.05) is 0 Å². The van der Waals surface area contributed by atoms with Crippen LogP contribution in [-0.4, -0.2) is 10.8 Å². The summed E-state index contributed by atoms with van der Waals surface area (Å²) < 4.78 is 0. The lowest BCUT2D eigenvalue weighted by Crippen LogP contribution is -2.13. The topological polar surface area (TPSA) is 93.0 Å². The Balaban J connectivity index is 0.000000791. The van der Waals surface area contributed by atoms with Crippen molar-refractivity contribution < 1.29 is 4.92 Å². The van der Waals surface area contributed by atoms with Crippen molar-refractivity contribution in [2.24, 2.45) is 5.73 Å². The van der Waals surface area contributed by atoms with Gasteiger partial charge in [0.1, 0.15) is 5.84 Å². The molecule has 1 aromatic carbocycles. The number of hydrogen-bond acceptors (Lipinski definition) is 3. The number of nitrogens with zero attached hydrogens (tertiary/aromatic N) is 1. The minimum atomic E-state index is -0.559. The predicted octanol–water partition coefficient (Wildman–Crippen LogP) is 1.91. The molecule has 0 fully saturated rings. The Labute approximate surface area is 82.2 Å². The second kappa shape index (κ2) is 5.69. The van der Waals surface area contributed by atoms with Crippen LogP contribution in [0.2, 0.25) is 0 Å². The summed E-state index contributed by atoms with van der Waals surface area (Å²) in [5, 5.41) is 17.4. The minimum Gasteiger partial charge on any atom is -0.383 e. The van der Waals surface area contributed by atoms with E-state index in [1.54, 1.807) is 6.07 Å². The molecule has 3 N–H and O–H groups in total. The van der Waals surface area contributed by atoms with Gasteiger partial charge >= 0.3 is 0 Å². The van der Waals surface area contributed by atoms with Crippen molar-refractivity contribution in [3.05, 3.63) is 39.9 Å². The number of hydrogen-bond donors (Lipinski definition) is 2. The Morgan fingerprint density at radius 2 is 1.93 bits per heavy atom. The number of nitro benzene ring substituents is 1. The van der Waals surface area contributed by atoms with E-state index in [2.05, 4.69) is 0 Å². The highest BCUT2D eigenvalue weighted by molar-refractivity contribution is 5.98. The smallest absolute Gasteiger partial charge is 0.280 e. The van der Waals surface area contributed by atoms with Gasteiger partial charge in [-0.05, 0) is 6.07 Å². The van der Waals surface area contributed by atoms with Crippen LogP contribution >= 0.6 is 0 Å². The van der Waals surface area contributed by atoms with Crippen molar-refractivity contribution in [3.8, 4) is 0 Å². The van der Waals surface area contributed by atoms with E-state index in [1.807, 2.05) is 13.8 Å². The summed E-state index contributed by atoms with van der Waals surface area (Å²) in [4.78, 5) is 9.82. The Hall–Kier alpha value is -1.91. The van der Waals surface area contributed by atoms with E-state index in [9.17, 15) is 10.1 Å². The van der Waals surface area contributed by atoms with E-state index in [-0.39, 0.29) is 17.1 Å². The average molecular weight is 195 g/mol. The zero-order valence-electron chi connectivity index (χ0n) is 8.15. The maximum absolute atomic E-state index is 10.4. The van der Waals surface area contributed by atoms with Crippen LogP contribution in [0.15, 0.2) is 24.3 Å². The molecule has 0 aromatic heterocycles. The van der Waals surface area contributed by atoms with Crippen LogP contribution in [-0.2, 0) is 0 Å². The maximum Gasteiger partial charge on any atom is 0.280 e. The second-order valence-electron chi connectivity index (χ2n) is 2.19. The second-order valence-corrected chi connectivity index (χ2v) is 2.19. The molecule has 0 aliphatic heterocycles. The number of nitrogen functional groups attached to an aromatic ring is 1. The van der Waals surface area contributed by atoms with E-state index >= 15 is 0 Å². The molecule has 1 rings (SSSR count). The fourth-order valence-electron chi connectivity index (χ4n) is 0.861. The molecule has 0 radical (unpaired) electrons. The summed E-state index contributed by atoms with van der Waals surface area (Å²) in [5.74, 6) is -0.290. The molecule has 76 valence electrons. The van der Waals surface area contributed by atoms with Gasteiger partial charge in [0, 0.05) is 6.07 Å². The first-order valence-corrected chi connectivity index (χ1v) is 4.20. The molecule has 0 atom stereocenters. The van der Waals surface area contributed by atoms with Crippen molar-refractivity contribution in [1.29, 1.82) is 5.41 Å². The van der Waals surface area contributed by atoms with Gasteiger partial charge in [-0.2, -0.15) is 0 Å². The van der Waals surface area contributed by atoms with Gasteiger partial charge in [0.05, 0.1) is 10.5 Å². The Morgan fingerprint density at radius 1 is 1.43 bits per heavy atom. The molecular weight excluding hydrogens is 182 g/mol. The average Bonchev–Trinajstić information content (AvgIpc) is 2.20. The minimum absolute atomic E-state index is 0.134. The van der Waals surface area contributed by atoms with Crippen LogP contribution in [0.1, 0.15) is 19.4 Å². The van der Waals surface area contributed by atoms with Gasteiger partial charge in [-0.3, -0.25) is 15.5 Å². The third-order valence-electron chi connectivity index (χ3n) is 1.39. The number of para-hydroxylation sites is 1. The van der Waals surface area contributed by atoms with Crippen LogP contribution in [0, 0.1) is 15.5 Å². The molecule has 5 nitrogen and oxygen atoms in total. The van der Waals surface area contributed by atoms with Crippen LogP contribution in [0.25, 0.3) is 0 Å². The molecule has 1 aromatic rings. The number of nitrogens with two attached hydrogens (primary N) is 1. The highest BCUT2D eigenvalue weighted by atomic mass is 16.6. The van der Waals surface area contributed by atoms with Gasteiger partial charge < -0.3 is 5.73 Å². The SMILES string of the molecule is CC.N=C(N)c1ccccc1[N+](=O)[O-]. The molecule has 0 aliphatic rings. The largest absolute Gasteiger partial charge is 0.383 e. The third kappa shape index (κ3) is 2.85. The molecule has 0 aliphatic carbocycles. The molecule has 0 saturated carbocycles.